The number of methoxy groups -OCH3 is 1. The predicted octanol–water partition coefficient (Wildman–Crippen LogP) is 3.93. The van der Waals surface area contributed by atoms with Crippen molar-refractivity contribution in [3.05, 3.63) is 17.2 Å². The Morgan fingerprint density at radius 3 is 2.58 bits per heavy atom. The quantitative estimate of drug-likeness (QED) is 0.396. The van der Waals surface area contributed by atoms with Gasteiger partial charge in [0.25, 0.3) is 5.95 Å². The number of azo groups is 1. The number of imidazole rings is 1. The number of carbonyl (C=O) groups is 2. The van der Waals surface area contributed by atoms with Gasteiger partial charge in [-0.05, 0) is 40.5 Å². The van der Waals surface area contributed by atoms with Gasteiger partial charge in [0.05, 0.1) is 7.11 Å². The molecule has 0 radical (unpaired) electrons. The van der Waals surface area contributed by atoms with Crippen LogP contribution >= 0.6 is 0 Å². The van der Waals surface area contributed by atoms with Gasteiger partial charge in [0, 0.05) is 23.8 Å². The Labute approximate surface area is 180 Å². The number of aliphatic hydroxyl groups excluding tert-OH is 1. The van der Waals surface area contributed by atoms with E-state index >= 15 is 0 Å². The number of hydrogen-bond acceptors (Lipinski definition) is 9. The fraction of sp³-hybridized carbons (Fsp3) is 0.619. The normalized spacial score (nSPS) is 24.5. The molecule has 0 saturated heterocycles. The number of Topliss-reactive ketones (excluding diaryl/α,β-unsaturated/α-hetero) is 2. The molecule has 3 rings (SSSR count). The number of ketones is 2. The molecule has 166 valence electrons. The molecule has 10 heteroatoms. The van der Waals surface area contributed by atoms with E-state index in [4.69, 9.17) is 4.74 Å². The third-order valence-corrected chi connectivity index (χ3v) is 6.04. The van der Waals surface area contributed by atoms with Gasteiger partial charge in [0.1, 0.15) is 23.3 Å². The summed E-state index contributed by atoms with van der Waals surface area (Å²) in [4.78, 5) is 43.8. The van der Waals surface area contributed by atoms with Gasteiger partial charge in [0.15, 0.2) is 11.5 Å². The van der Waals surface area contributed by atoms with Gasteiger partial charge in [-0.15, -0.1) is 10.2 Å². The van der Waals surface area contributed by atoms with Crippen LogP contribution < -0.4 is 4.74 Å². The van der Waals surface area contributed by atoms with E-state index in [1.807, 2.05) is 13.8 Å². The maximum Gasteiger partial charge on any atom is 0.253 e. The van der Waals surface area contributed by atoms with E-state index in [1.165, 1.54) is 20.1 Å². The number of aliphatic imine (C=N–C) groups is 1. The number of hydrogen-bond donors (Lipinski definition) is 1. The second kappa shape index (κ2) is 8.93. The standard InChI is InChI=1S/C21H27N5O5/c1-10(2)26-17(11(3)22-9-27)20(31-5)23-21(26)25-24-16-18(29)14-8-6-7-13(12(4)28)15(14)19(16)30/h10-11,13-15,29H,6-8H2,1-5H3. The maximum atomic E-state index is 13.0. The molecule has 2 aliphatic carbocycles. The van der Waals surface area contributed by atoms with Crippen molar-refractivity contribution in [2.24, 2.45) is 33.0 Å². The molecule has 1 saturated carbocycles. The van der Waals surface area contributed by atoms with Gasteiger partial charge >= 0.3 is 0 Å². The van der Waals surface area contributed by atoms with E-state index in [1.54, 1.807) is 11.5 Å². The van der Waals surface area contributed by atoms with E-state index < -0.39 is 23.8 Å². The number of nitrogens with zero attached hydrogens (tertiary/aromatic N) is 5. The average molecular weight is 429 g/mol. The highest BCUT2D eigenvalue weighted by Gasteiger charge is 2.49. The Kier molecular flexibility index (Phi) is 6.50. The summed E-state index contributed by atoms with van der Waals surface area (Å²) in [7, 11) is 1.44. The summed E-state index contributed by atoms with van der Waals surface area (Å²) < 4.78 is 7.03. The summed E-state index contributed by atoms with van der Waals surface area (Å²) in [5, 5.41) is 18.9. The summed E-state index contributed by atoms with van der Waals surface area (Å²) in [6.45, 7) is 6.97. The Bertz CT molecular complexity index is 1000. The van der Waals surface area contributed by atoms with Crippen LogP contribution in [0.2, 0.25) is 0 Å². The van der Waals surface area contributed by atoms with Crippen LogP contribution in [0, 0.1) is 17.8 Å². The summed E-state index contributed by atoms with van der Waals surface area (Å²) in [6, 6.07) is -0.706. The fourth-order valence-electron chi connectivity index (χ4n) is 4.64. The molecule has 1 N–H and O–H groups in total. The monoisotopic (exact) mass is 429 g/mol. The SMILES string of the molecule is COc1nc(N=NC2=C(O)C3CCCC(C(C)=O)C3C2=O)n(C(C)C)c1C(C)N=C=O. The summed E-state index contributed by atoms with van der Waals surface area (Å²) in [6.07, 6.45) is 3.56. The van der Waals surface area contributed by atoms with Crippen molar-refractivity contribution >= 4 is 23.6 Å². The Balaban J connectivity index is 2.02. The third-order valence-electron chi connectivity index (χ3n) is 6.04. The van der Waals surface area contributed by atoms with E-state index in [0.29, 0.717) is 18.5 Å². The van der Waals surface area contributed by atoms with Gasteiger partial charge in [-0.2, -0.15) is 9.98 Å². The molecule has 0 aliphatic heterocycles. The highest BCUT2D eigenvalue weighted by Crippen LogP contribution is 2.46. The molecule has 0 bridgehead atoms. The number of aromatic nitrogens is 2. The van der Waals surface area contributed by atoms with Crippen LogP contribution in [0.3, 0.4) is 0 Å². The van der Waals surface area contributed by atoms with Crippen molar-refractivity contribution in [1.29, 1.82) is 0 Å². The van der Waals surface area contributed by atoms with Crippen LogP contribution in [0.5, 0.6) is 5.88 Å². The Morgan fingerprint density at radius 1 is 1.29 bits per heavy atom. The third kappa shape index (κ3) is 3.95. The lowest BCUT2D eigenvalue weighted by Gasteiger charge is -2.30. The molecule has 0 amide bonds. The van der Waals surface area contributed by atoms with Gasteiger partial charge in [-0.25, -0.2) is 4.79 Å². The van der Waals surface area contributed by atoms with E-state index in [2.05, 4.69) is 20.2 Å². The first-order valence-electron chi connectivity index (χ1n) is 10.3. The number of fused-ring (bicyclic) bond motifs is 1. The smallest absolute Gasteiger partial charge is 0.253 e. The summed E-state index contributed by atoms with van der Waals surface area (Å²) in [5.74, 6) is -1.54. The highest BCUT2D eigenvalue weighted by atomic mass is 16.5. The molecule has 0 spiro atoms. The molecular weight excluding hydrogens is 402 g/mol. The van der Waals surface area contributed by atoms with Crippen molar-refractivity contribution in [3.63, 3.8) is 0 Å². The zero-order valence-electron chi connectivity index (χ0n) is 18.3. The van der Waals surface area contributed by atoms with Crippen LogP contribution in [-0.4, -0.2) is 39.4 Å². The van der Waals surface area contributed by atoms with Crippen LogP contribution in [0.4, 0.5) is 5.95 Å². The zero-order valence-corrected chi connectivity index (χ0v) is 18.3. The molecule has 10 nitrogen and oxygen atoms in total. The molecule has 1 aromatic rings. The van der Waals surface area contributed by atoms with Crippen molar-refractivity contribution < 1.29 is 24.2 Å². The number of carbonyl (C=O) groups excluding carboxylic acids is 3. The number of ether oxygens (including phenoxy) is 1. The van der Waals surface area contributed by atoms with Crippen LogP contribution in [0.1, 0.15) is 64.7 Å². The maximum absolute atomic E-state index is 13.0. The molecule has 4 unspecified atom stereocenters. The van der Waals surface area contributed by atoms with E-state index in [0.717, 1.165) is 6.42 Å². The zero-order chi connectivity index (χ0) is 22.9. The van der Waals surface area contributed by atoms with E-state index in [9.17, 15) is 19.5 Å². The number of allylic oxidation sites excluding steroid dienone is 2. The molecule has 4 atom stereocenters. The minimum absolute atomic E-state index is 0.0523. The number of isocyanates is 1. The van der Waals surface area contributed by atoms with Crippen LogP contribution in [-0.2, 0) is 14.4 Å². The number of aliphatic hydroxyl groups is 1. The molecule has 1 heterocycles. The second-order valence-electron chi connectivity index (χ2n) is 8.24. The first-order valence-corrected chi connectivity index (χ1v) is 10.3. The molecule has 2 aliphatic rings. The molecule has 1 fully saturated rings. The largest absolute Gasteiger partial charge is 0.510 e. The second-order valence-corrected chi connectivity index (χ2v) is 8.24. The van der Waals surface area contributed by atoms with Crippen LogP contribution in [0.15, 0.2) is 26.7 Å². The minimum Gasteiger partial charge on any atom is -0.510 e. The minimum atomic E-state index is -0.586. The highest BCUT2D eigenvalue weighted by molar-refractivity contribution is 6.03. The van der Waals surface area contributed by atoms with Gasteiger partial charge in [0.2, 0.25) is 12.0 Å². The summed E-state index contributed by atoms with van der Waals surface area (Å²) >= 11 is 0. The van der Waals surface area contributed by atoms with Crippen molar-refractivity contribution in [3.8, 4) is 5.88 Å². The van der Waals surface area contributed by atoms with E-state index in [-0.39, 0.29) is 40.9 Å². The van der Waals surface area contributed by atoms with Crippen molar-refractivity contribution in [2.45, 2.75) is 59.0 Å². The molecular formula is C21H27N5O5. The van der Waals surface area contributed by atoms with Gasteiger partial charge in [-0.1, -0.05) is 6.42 Å². The lowest BCUT2D eigenvalue weighted by Crippen LogP contribution is -2.34. The first kappa shape index (κ1) is 22.6. The van der Waals surface area contributed by atoms with Crippen molar-refractivity contribution in [2.75, 3.05) is 7.11 Å². The fourth-order valence-corrected chi connectivity index (χ4v) is 4.64. The molecule has 0 aromatic carbocycles. The lowest BCUT2D eigenvalue weighted by molar-refractivity contribution is -0.131. The molecule has 1 aromatic heterocycles. The van der Waals surface area contributed by atoms with Gasteiger partial charge < -0.3 is 14.4 Å². The Hall–Kier alpha value is -3.13. The van der Waals surface area contributed by atoms with Crippen molar-refractivity contribution in [1.82, 2.24) is 9.55 Å². The van der Waals surface area contributed by atoms with Gasteiger partial charge in [-0.3, -0.25) is 9.59 Å². The molecule has 31 heavy (non-hydrogen) atoms. The summed E-state index contributed by atoms with van der Waals surface area (Å²) in [5.41, 5.74) is 0.400. The van der Waals surface area contributed by atoms with Crippen LogP contribution in [0.25, 0.3) is 0 Å². The predicted molar refractivity (Wildman–Crippen MR) is 110 cm³/mol. The number of rotatable bonds is 7. The lowest BCUT2D eigenvalue weighted by atomic mass is 9.71. The Morgan fingerprint density at radius 2 is 2.00 bits per heavy atom. The first-order chi connectivity index (χ1) is 14.7. The average Bonchev–Trinajstić information content (AvgIpc) is 3.22. The topological polar surface area (TPSA) is 136 Å².